The van der Waals surface area contributed by atoms with Gasteiger partial charge in [0.15, 0.2) is 0 Å². The Morgan fingerprint density at radius 1 is 1.26 bits per heavy atom. The molecular weight excluding hydrogens is 338 g/mol. The molecule has 1 aromatic carbocycles. The van der Waals surface area contributed by atoms with Crippen molar-refractivity contribution in [3.63, 3.8) is 0 Å². The Kier molecular flexibility index (Phi) is 4.23. The van der Waals surface area contributed by atoms with Gasteiger partial charge in [-0.15, -0.1) is 0 Å². The van der Waals surface area contributed by atoms with Crippen LogP contribution in [0.15, 0.2) is 41.1 Å². The molecule has 0 unspecified atom stereocenters. The van der Waals surface area contributed by atoms with E-state index in [-0.39, 0.29) is 11.9 Å². The lowest BCUT2D eigenvalue weighted by molar-refractivity contribution is -0.134. The van der Waals surface area contributed by atoms with Crippen LogP contribution < -0.4 is 0 Å². The summed E-state index contributed by atoms with van der Waals surface area (Å²) in [6, 6.07) is 9.82. The summed E-state index contributed by atoms with van der Waals surface area (Å²) in [6.45, 7) is 0.709. The van der Waals surface area contributed by atoms with E-state index in [1.807, 2.05) is 29.2 Å². The molecule has 0 radical (unpaired) electrons. The highest BCUT2D eigenvalue weighted by molar-refractivity contribution is 5.80. The van der Waals surface area contributed by atoms with Crippen molar-refractivity contribution >= 4 is 16.9 Å². The molecule has 5 heteroatoms. The van der Waals surface area contributed by atoms with Crippen molar-refractivity contribution in [1.82, 2.24) is 14.9 Å². The van der Waals surface area contributed by atoms with E-state index in [1.54, 1.807) is 6.33 Å². The van der Waals surface area contributed by atoms with Crippen LogP contribution in [0.5, 0.6) is 0 Å². The summed E-state index contributed by atoms with van der Waals surface area (Å²) in [5, 5.41) is 1.06. The molecular formula is C22H25N3O2. The maximum atomic E-state index is 13.1. The number of hydrogen-bond acceptors (Lipinski definition) is 3. The Hall–Kier alpha value is -2.56. The van der Waals surface area contributed by atoms with E-state index in [4.69, 9.17) is 4.42 Å². The minimum atomic E-state index is -0.233. The summed E-state index contributed by atoms with van der Waals surface area (Å²) in [4.78, 5) is 22.9. The van der Waals surface area contributed by atoms with Crippen molar-refractivity contribution in [3.8, 4) is 0 Å². The van der Waals surface area contributed by atoms with Gasteiger partial charge in [0, 0.05) is 30.5 Å². The van der Waals surface area contributed by atoms with E-state index in [0.29, 0.717) is 13.0 Å². The van der Waals surface area contributed by atoms with Gasteiger partial charge in [-0.1, -0.05) is 43.9 Å². The molecule has 1 N–H and O–H groups in total. The van der Waals surface area contributed by atoms with E-state index < -0.39 is 0 Å². The topological polar surface area (TPSA) is 62.1 Å². The molecule has 5 nitrogen and oxygen atoms in total. The number of amides is 1. The number of aromatic amines is 1. The normalized spacial score (nSPS) is 20.3. The number of nitrogens with zero attached hydrogens (tertiary/aromatic N) is 2. The largest absolute Gasteiger partial charge is 0.458 e. The number of para-hydroxylation sites is 1. The molecule has 0 spiro atoms. The second-order valence-electron chi connectivity index (χ2n) is 7.88. The number of H-pyrrole nitrogens is 1. The molecule has 1 fully saturated rings. The number of carbonyl (C=O) groups is 1. The van der Waals surface area contributed by atoms with Gasteiger partial charge in [-0.2, -0.15) is 0 Å². The number of imidazole rings is 1. The maximum Gasteiger partial charge on any atom is 0.223 e. The average molecular weight is 363 g/mol. The van der Waals surface area contributed by atoms with E-state index in [2.05, 4.69) is 16.0 Å². The van der Waals surface area contributed by atoms with Gasteiger partial charge in [-0.3, -0.25) is 4.79 Å². The Balaban J connectivity index is 1.45. The third-order valence-electron chi connectivity index (χ3n) is 6.20. The Bertz CT molecular complexity index is 918. The highest BCUT2D eigenvalue weighted by Crippen LogP contribution is 2.37. The molecule has 1 aliphatic heterocycles. The minimum absolute atomic E-state index is 0.223. The summed E-state index contributed by atoms with van der Waals surface area (Å²) in [7, 11) is 0. The fraction of sp³-hybridized carbons (Fsp3) is 0.455. The molecule has 2 aromatic heterocycles. The summed E-state index contributed by atoms with van der Waals surface area (Å²) in [6.07, 6.45) is 9.39. The molecule has 3 aromatic rings. The Morgan fingerprint density at radius 2 is 2.11 bits per heavy atom. The summed E-state index contributed by atoms with van der Waals surface area (Å²) in [5.74, 6) is 1.75. The Labute approximate surface area is 158 Å². The van der Waals surface area contributed by atoms with Crippen molar-refractivity contribution in [2.45, 2.75) is 51.0 Å². The summed E-state index contributed by atoms with van der Waals surface area (Å²) >= 11 is 0. The lowest BCUT2D eigenvalue weighted by Crippen LogP contribution is -2.40. The van der Waals surface area contributed by atoms with Crippen molar-refractivity contribution in [2.75, 3.05) is 6.54 Å². The number of benzene rings is 1. The van der Waals surface area contributed by atoms with E-state index in [9.17, 15) is 4.79 Å². The zero-order valence-electron chi connectivity index (χ0n) is 15.5. The minimum Gasteiger partial charge on any atom is -0.458 e. The number of fused-ring (bicyclic) bond motifs is 2. The van der Waals surface area contributed by atoms with Gasteiger partial charge in [-0.05, 0) is 24.5 Å². The van der Waals surface area contributed by atoms with Gasteiger partial charge in [-0.25, -0.2) is 4.98 Å². The molecule has 140 valence electrons. The summed E-state index contributed by atoms with van der Waals surface area (Å²) in [5.41, 5.74) is 2.89. The molecule has 1 saturated carbocycles. The lowest BCUT2D eigenvalue weighted by atomic mass is 9.97. The van der Waals surface area contributed by atoms with Crippen LogP contribution in [0, 0.1) is 5.92 Å². The van der Waals surface area contributed by atoms with Crippen molar-refractivity contribution in [2.24, 2.45) is 5.92 Å². The summed E-state index contributed by atoms with van der Waals surface area (Å²) < 4.78 is 6.14. The van der Waals surface area contributed by atoms with E-state index >= 15 is 0 Å². The molecule has 27 heavy (non-hydrogen) atoms. The molecule has 1 aliphatic carbocycles. The van der Waals surface area contributed by atoms with Crippen LogP contribution in [0.1, 0.15) is 61.7 Å². The zero-order valence-corrected chi connectivity index (χ0v) is 15.5. The first-order valence-corrected chi connectivity index (χ1v) is 10.1. The number of aromatic nitrogens is 2. The highest BCUT2D eigenvalue weighted by Gasteiger charge is 2.36. The molecule has 1 atom stereocenters. The first-order chi connectivity index (χ1) is 13.3. The van der Waals surface area contributed by atoms with Crippen molar-refractivity contribution in [1.29, 1.82) is 0 Å². The van der Waals surface area contributed by atoms with Gasteiger partial charge in [0.25, 0.3) is 0 Å². The standard InChI is InChI=1S/C22H25N3O2/c26-20(10-9-15-5-1-2-6-15)25-12-11-17-21(24-14-23-17)22(25)19-13-16-7-3-4-8-18(16)27-19/h3-4,7-8,13-15,22H,1-2,5-6,9-12H2,(H,23,24)/t22-/m0/s1. The highest BCUT2D eigenvalue weighted by atomic mass is 16.3. The van der Waals surface area contributed by atoms with E-state index in [0.717, 1.165) is 46.9 Å². The van der Waals surface area contributed by atoms with Crippen LogP contribution >= 0.6 is 0 Å². The first kappa shape index (κ1) is 16.6. The second-order valence-corrected chi connectivity index (χ2v) is 7.88. The van der Waals surface area contributed by atoms with Gasteiger partial charge in [0.1, 0.15) is 17.4 Å². The predicted octanol–water partition coefficient (Wildman–Crippen LogP) is 4.60. The molecule has 2 aliphatic rings. The number of furan rings is 1. The van der Waals surface area contributed by atoms with Crippen LogP contribution in [-0.4, -0.2) is 27.3 Å². The molecule has 1 amide bonds. The molecule has 0 bridgehead atoms. The number of hydrogen-bond donors (Lipinski definition) is 1. The smallest absolute Gasteiger partial charge is 0.223 e. The monoisotopic (exact) mass is 363 g/mol. The first-order valence-electron chi connectivity index (χ1n) is 10.1. The van der Waals surface area contributed by atoms with Gasteiger partial charge in [0.05, 0.1) is 12.0 Å². The third kappa shape index (κ3) is 3.05. The zero-order chi connectivity index (χ0) is 18.2. The van der Waals surface area contributed by atoms with Crippen molar-refractivity contribution in [3.05, 3.63) is 53.8 Å². The SMILES string of the molecule is O=C(CCC1CCCC1)N1CCc2[nH]cnc2[C@@H]1c1cc2ccccc2o1. The average Bonchev–Trinajstić information content (AvgIpc) is 3.45. The van der Waals surface area contributed by atoms with Gasteiger partial charge < -0.3 is 14.3 Å². The van der Waals surface area contributed by atoms with Crippen molar-refractivity contribution < 1.29 is 9.21 Å². The third-order valence-corrected chi connectivity index (χ3v) is 6.20. The fourth-order valence-corrected chi connectivity index (χ4v) is 4.74. The maximum absolute atomic E-state index is 13.1. The van der Waals surface area contributed by atoms with Gasteiger partial charge in [0.2, 0.25) is 5.91 Å². The molecule has 3 heterocycles. The van der Waals surface area contributed by atoms with Crippen LogP contribution in [0.3, 0.4) is 0 Å². The molecule has 5 rings (SSSR count). The predicted molar refractivity (Wildman–Crippen MR) is 103 cm³/mol. The number of nitrogens with one attached hydrogen (secondary N) is 1. The van der Waals surface area contributed by atoms with Crippen LogP contribution in [0.25, 0.3) is 11.0 Å². The Morgan fingerprint density at radius 3 is 2.96 bits per heavy atom. The number of carbonyl (C=O) groups excluding carboxylic acids is 1. The lowest BCUT2D eigenvalue weighted by Gasteiger charge is -2.34. The number of rotatable bonds is 4. The quantitative estimate of drug-likeness (QED) is 0.737. The van der Waals surface area contributed by atoms with Gasteiger partial charge >= 0.3 is 0 Å². The fourth-order valence-electron chi connectivity index (χ4n) is 4.74. The van der Waals surface area contributed by atoms with E-state index in [1.165, 1.54) is 25.7 Å². The van der Waals surface area contributed by atoms with Crippen LogP contribution in [-0.2, 0) is 11.2 Å². The molecule has 0 saturated heterocycles. The van der Waals surface area contributed by atoms with Crippen LogP contribution in [0.4, 0.5) is 0 Å². The second kappa shape index (κ2) is 6.87. The van der Waals surface area contributed by atoms with Crippen LogP contribution in [0.2, 0.25) is 0 Å².